The number of carbonyl (C=O) groups is 1. The van der Waals surface area contributed by atoms with Gasteiger partial charge in [0.2, 0.25) is 0 Å². The van der Waals surface area contributed by atoms with Crippen LogP contribution in [-0.2, 0) is 6.42 Å². The molecule has 0 aliphatic carbocycles. The number of carboxylic acid groups (broad SMARTS) is 1. The molecule has 0 atom stereocenters. The van der Waals surface area contributed by atoms with Crippen LogP contribution in [0.2, 0.25) is 0 Å². The SMILES string of the molecule is O=C(O)c1ccc(NCCc2cccnc2)nn1. The number of carboxylic acids is 1. The van der Waals surface area contributed by atoms with E-state index in [2.05, 4.69) is 20.5 Å². The number of aromatic nitrogens is 3. The van der Waals surface area contributed by atoms with Crippen LogP contribution in [0.5, 0.6) is 0 Å². The zero-order chi connectivity index (χ0) is 12.8. The topological polar surface area (TPSA) is 88.0 Å². The van der Waals surface area contributed by atoms with Gasteiger partial charge in [-0.15, -0.1) is 10.2 Å². The Labute approximate surface area is 104 Å². The predicted molar refractivity (Wildman–Crippen MR) is 65.4 cm³/mol. The maximum absolute atomic E-state index is 10.6. The third kappa shape index (κ3) is 3.24. The molecule has 0 radical (unpaired) electrons. The van der Waals surface area contributed by atoms with Gasteiger partial charge in [0, 0.05) is 18.9 Å². The molecule has 0 spiro atoms. The van der Waals surface area contributed by atoms with E-state index in [1.54, 1.807) is 18.5 Å². The second kappa shape index (κ2) is 5.72. The van der Waals surface area contributed by atoms with Crippen LogP contribution in [0, 0.1) is 0 Å². The van der Waals surface area contributed by atoms with E-state index in [0.717, 1.165) is 12.0 Å². The normalized spacial score (nSPS) is 10.0. The van der Waals surface area contributed by atoms with Crippen molar-refractivity contribution < 1.29 is 9.90 Å². The van der Waals surface area contributed by atoms with E-state index in [0.29, 0.717) is 12.4 Å². The van der Waals surface area contributed by atoms with E-state index in [4.69, 9.17) is 5.11 Å². The van der Waals surface area contributed by atoms with Crippen molar-refractivity contribution in [3.63, 3.8) is 0 Å². The number of anilines is 1. The van der Waals surface area contributed by atoms with E-state index in [1.807, 2.05) is 12.1 Å². The largest absolute Gasteiger partial charge is 0.476 e. The summed E-state index contributed by atoms with van der Waals surface area (Å²) in [5.41, 5.74) is 1.06. The quantitative estimate of drug-likeness (QED) is 0.822. The number of hydrogen-bond donors (Lipinski definition) is 2. The molecule has 0 aliphatic heterocycles. The number of nitrogens with one attached hydrogen (secondary N) is 1. The van der Waals surface area contributed by atoms with Crippen LogP contribution in [0.3, 0.4) is 0 Å². The van der Waals surface area contributed by atoms with E-state index in [-0.39, 0.29) is 5.69 Å². The lowest BCUT2D eigenvalue weighted by molar-refractivity contribution is 0.0689. The number of hydrogen-bond acceptors (Lipinski definition) is 5. The molecule has 2 aromatic heterocycles. The average Bonchev–Trinajstić information content (AvgIpc) is 2.40. The Morgan fingerprint density at radius 2 is 2.17 bits per heavy atom. The van der Waals surface area contributed by atoms with Crippen molar-refractivity contribution in [3.8, 4) is 0 Å². The highest BCUT2D eigenvalue weighted by atomic mass is 16.4. The molecule has 6 heteroatoms. The molecule has 0 saturated carbocycles. The van der Waals surface area contributed by atoms with E-state index >= 15 is 0 Å². The lowest BCUT2D eigenvalue weighted by Gasteiger charge is -2.04. The summed E-state index contributed by atoms with van der Waals surface area (Å²) in [7, 11) is 0. The molecular formula is C12H12N4O2. The highest BCUT2D eigenvalue weighted by molar-refractivity contribution is 5.85. The number of pyridine rings is 1. The molecule has 2 rings (SSSR count). The maximum atomic E-state index is 10.6. The second-order valence-electron chi connectivity index (χ2n) is 3.65. The van der Waals surface area contributed by atoms with Gasteiger partial charge < -0.3 is 10.4 Å². The molecule has 2 N–H and O–H groups in total. The molecule has 2 heterocycles. The van der Waals surface area contributed by atoms with Crippen LogP contribution >= 0.6 is 0 Å². The molecule has 6 nitrogen and oxygen atoms in total. The van der Waals surface area contributed by atoms with Gasteiger partial charge in [0.15, 0.2) is 5.69 Å². The highest BCUT2D eigenvalue weighted by Crippen LogP contribution is 2.03. The van der Waals surface area contributed by atoms with E-state index in [9.17, 15) is 4.79 Å². The van der Waals surface area contributed by atoms with Gasteiger partial charge in [0.25, 0.3) is 0 Å². The van der Waals surface area contributed by atoms with Gasteiger partial charge in [-0.25, -0.2) is 4.79 Å². The molecule has 2 aromatic rings. The van der Waals surface area contributed by atoms with Crippen molar-refractivity contribution in [2.75, 3.05) is 11.9 Å². The fourth-order valence-corrected chi connectivity index (χ4v) is 1.42. The van der Waals surface area contributed by atoms with Gasteiger partial charge in [0.05, 0.1) is 0 Å². The summed E-state index contributed by atoms with van der Waals surface area (Å²) >= 11 is 0. The van der Waals surface area contributed by atoms with Gasteiger partial charge in [-0.3, -0.25) is 4.98 Å². The van der Waals surface area contributed by atoms with Crippen LogP contribution in [0.15, 0.2) is 36.7 Å². The summed E-state index contributed by atoms with van der Waals surface area (Å²) in [6.45, 7) is 0.687. The minimum atomic E-state index is -1.08. The fourth-order valence-electron chi connectivity index (χ4n) is 1.42. The first-order valence-corrected chi connectivity index (χ1v) is 5.45. The maximum Gasteiger partial charge on any atom is 0.356 e. The Kier molecular flexibility index (Phi) is 3.80. The van der Waals surface area contributed by atoms with Crippen molar-refractivity contribution in [1.29, 1.82) is 0 Å². The molecule has 0 saturated heterocycles. The smallest absolute Gasteiger partial charge is 0.356 e. The molecule has 0 fully saturated rings. The van der Waals surface area contributed by atoms with Crippen molar-refractivity contribution in [3.05, 3.63) is 47.9 Å². The Hall–Kier alpha value is -2.50. The molecule has 0 aromatic carbocycles. The Bertz CT molecular complexity index is 513. The molecule has 0 unspecified atom stereocenters. The zero-order valence-electron chi connectivity index (χ0n) is 9.58. The van der Waals surface area contributed by atoms with Crippen molar-refractivity contribution in [1.82, 2.24) is 15.2 Å². The monoisotopic (exact) mass is 244 g/mol. The van der Waals surface area contributed by atoms with Gasteiger partial charge >= 0.3 is 5.97 Å². The summed E-state index contributed by atoms with van der Waals surface area (Å²) in [6, 6.07) is 6.89. The Morgan fingerprint density at radius 1 is 1.28 bits per heavy atom. The minimum Gasteiger partial charge on any atom is -0.476 e. The average molecular weight is 244 g/mol. The summed E-state index contributed by atoms with van der Waals surface area (Å²) in [5.74, 6) is -0.520. The predicted octanol–water partition coefficient (Wildman–Crippen LogP) is 1.22. The summed E-state index contributed by atoms with van der Waals surface area (Å²) in [4.78, 5) is 14.6. The third-order valence-corrected chi connectivity index (χ3v) is 2.33. The minimum absolute atomic E-state index is 0.0622. The zero-order valence-corrected chi connectivity index (χ0v) is 9.58. The van der Waals surface area contributed by atoms with Gasteiger partial charge in [-0.05, 0) is 30.2 Å². The van der Waals surface area contributed by atoms with Gasteiger partial charge in [-0.2, -0.15) is 0 Å². The molecular weight excluding hydrogens is 232 g/mol. The second-order valence-corrected chi connectivity index (χ2v) is 3.65. The first kappa shape index (κ1) is 12.0. The molecule has 18 heavy (non-hydrogen) atoms. The summed E-state index contributed by atoms with van der Waals surface area (Å²) < 4.78 is 0. The van der Waals surface area contributed by atoms with E-state index in [1.165, 1.54) is 6.07 Å². The van der Waals surface area contributed by atoms with Crippen LogP contribution in [-0.4, -0.2) is 32.8 Å². The van der Waals surface area contributed by atoms with Crippen LogP contribution in [0.25, 0.3) is 0 Å². The first-order chi connectivity index (χ1) is 8.75. The van der Waals surface area contributed by atoms with Crippen molar-refractivity contribution in [2.45, 2.75) is 6.42 Å². The van der Waals surface area contributed by atoms with Crippen LogP contribution in [0.4, 0.5) is 5.82 Å². The standard InChI is InChI=1S/C12H12N4O2/c17-12(18)10-3-4-11(16-15-10)14-7-5-9-2-1-6-13-8-9/h1-4,6,8H,5,7H2,(H,14,16)(H,17,18). The number of aromatic carboxylic acids is 1. The van der Waals surface area contributed by atoms with Crippen LogP contribution < -0.4 is 5.32 Å². The lowest BCUT2D eigenvalue weighted by Crippen LogP contribution is -2.09. The fraction of sp³-hybridized carbons (Fsp3) is 0.167. The Morgan fingerprint density at radius 3 is 2.78 bits per heavy atom. The molecule has 0 bridgehead atoms. The van der Waals surface area contributed by atoms with Gasteiger partial charge in [-0.1, -0.05) is 6.07 Å². The van der Waals surface area contributed by atoms with Crippen molar-refractivity contribution in [2.24, 2.45) is 0 Å². The first-order valence-electron chi connectivity index (χ1n) is 5.45. The Balaban J connectivity index is 1.85. The van der Waals surface area contributed by atoms with Gasteiger partial charge in [0.1, 0.15) is 5.82 Å². The van der Waals surface area contributed by atoms with Crippen molar-refractivity contribution >= 4 is 11.8 Å². The number of nitrogens with zero attached hydrogens (tertiary/aromatic N) is 3. The molecule has 92 valence electrons. The van der Waals surface area contributed by atoms with E-state index < -0.39 is 5.97 Å². The third-order valence-electron chi connectivity index (χ3n) is 2.33. The summed E-state index contributed by atoms with van der Waals surface area (Å²) in [5, 5.41) is 19.1. The number of rotatable bonds is 5. The highest BCUT2D eigenvalue weighted by Gasteiger charge is 2.04. The van der Waals surface area contributed by atoms with Crippen LogP contribution in [0.1, 0.15) is 16.1 Å². The summed E-state index contributed by atoms with van der Waals surface area (Å²) in [6.07, 6.45) is 4.35. The molecule has 0 aliphatic rings. The lowest BCUT2D eigenvalue weighted by atomic mass is 10.2. The molecule has 0 amide bonds.